The van der Waals surface area contributed by atoms with Gasteiger partial charge in [0.25, 0.3) is 5.91 Å². The van der Waals surface area contributed by atoms with Crippen LogP contribution in [0.1, 0.15) is 50.8 Å². The summed E-state index contributed by atoms with van der Waals surface area (Å²) < 4.78 is 5.28. The molecule has 3 N–H and O–H groups in total. The highest BCUT2D eigenvalue weighted by Gasteiger charge is 2.21. The van der Waals surface area contributed by atoms with Crippen molar-refractivity contribution in [3.8, 4) is 5.75 Å². The Morgan fingerprint density at radius 3 is 2.19 bits per heavy atom. The fourth-order valence-corrected chi connectivity index (χ4v) is 3.08. The lowest BCUT2D eigenvalue weighted by atomic mass is 9.93. The summed E-state index contributed by atoms with van der Waals surface area (Å²) in [7, 11) is 1.60. The Balaban J connectivity index is 2.00. The normalized spacial score (nSPS) is 12.3. The first kappa shape index (κ1) is 20.0. The van der Waals surface area contributed by atoms with Crippen LogP contribution in [0.5, 0.6) is 5.75 Å². The topological polar surface area (TPSA) is 54.9 Å². The number of benzene rings is 2. The molecule has 26 heavy (non-hydrogen) atoms. The van der Waals surface area contributed by atoms with Crippen molar-refractivity contribution < 1.29 is 14.8 Å². The van der Waals surface area contributed by atoms with Gasteiger partial charge in [0.15, 0.2) is 6.54 Å². The molecule has 1 amide bonds. The maximum absolute atomic E-state index is 12.4. The van der Waals surface area contributed by atoms with E-state index in [9.17, 15) is 4.79 Å². The molecule has 0 heterocycles. The van der Waals surface area contributed by atoms with Crippen LogP contribution >= 0.6 is 0 Å². The maximum atomic E-state index is 12.4. The molecule has 0 spiro atoms. The summed E-state index contributed by atoms with van der Waals surface area (Å²) in [6.45, 7) is 9.14. The van der Waals surface area contributed by atoms with Crippen LogP contribution in [-0.2, 0) is 4.79 Å². The molecule has 0 fully saturated rings. The van der Waals surface area contributed by atoms with Crippen LogP contribution in [-0.4, -0.2) is 19.6 Å². The van der Waals surface area contributed by atoms with Gasteiger partial charge in [0.2, 0.25) is 0 Å². The highest BCUT2D eigenvalue weighted by atomic mass is 16.5. The summed E-state index contributed by atoms with van der Waals surface area (Å²) in [5.41, 5.74) is 3.30. The lowest BCUT2D eigenvalue weighted by Crippen LogP contribution is -2.88. The third-order valence-corrected chi connectivity index (χ3v) is 4.64. The van der Waals surface area contributed by atoms with Gasteiger partial charge in [0.1, 0.15) is 11.8 Å². The average Bonchev–Trinajstić information content (AvgIpc) is 2.62. The van der Waals surface area contributed by atoms with E-state index >= 15 is 0 Å². The van der Waals surface area contributed by atoms with E-state index in [4.69, 9.17) is 4.74 Å². The number of ether oxygens (including phenoxy) is 1. The summed E-state index contributed by atoms with van der Waals surface area (Å²) in [4.78, 5) is 12.4. The molecule has 0 radical (unpaired) electrons. The Labute approximate surface area is 157 Å². The van der Waals surface area contributed by atoms with Gasteiger partial charge in [-0.2, -0.15) is 0 Å². The van der Waals surface area contributed by atoms with Crippen LogP contribution in [0.3, 0.4) is 0 Å². The van der Waals surface area contributed by atoms with Crippen LogP contribution < -0.4 is 15.4 Å². The van der Waals surface area contributed by atoms with E-state index in [2.05, 4.69) is 62.6 Å². The quantitative estimate of drug-likeness (QED) is 0.758. The van der Waals surface area contributed by atoms with Gasteiger partial charge in [-0.15, -0.1) is 0 Å². The van der Waals surface area contributed by atoms with Gasteiger partial charge >= 0.3 is 0 Å². The number of nitrogens with two attached hydrogens (primary N) is 1. The number of methoxy groups -OCH3 is 1. The predicted molar refractivity (Wildman–Crippen MR) is 107 cm³/mol. The van der Waals surface area contributed by atoms with E-state index in [1.54, 1.807) is 7.11 Å². The number of amides is 1. The second-order valence-corrected chi connectivity index (χ2v) is 7.28. The zero-order chi connectivity index (χ0) is 19.1. The third-order valence-electron chi connectivity index (χ3n) is 4.64. The van der Waals surface area contributed by atoms with E-state index < -0.39 is 0 Å². The summed E-state index contributed by atoms with van der Waals surface area (Å²) in [5.74, 6) is 1.60. The number of para-hydroxylation sites is 2. The van der Waals surface area contributed by atoms with Gasteiger partial charge in [-0.25, -0.2) is 0 Å². The average molecular weight is 356 g/mol. The molecule has 4 heteroatoms. The van der Waals surface area contributed by atoms with Crippen molar-refractivity contribution in [1.82, 2.24) is 0 Å². The molecule has 1 atom stereocenters. The Bertz CT molecular complexity index is 708. The van der Waals surface area contributed by atoms with Crippen molar-refractivity contribution in [2.24, 2.45) is 5.92 Å². The molecule has 0 bridgehead atoms. The van der Waals surface area contributed by atoms with E-state index in [0.717, 1.165) is 0 Å². The first-order valence-corrected chi connectivity index (χ1v) is 9.28. The van der Waals surface area contributed by atoms with Crippen molar-refractivity contribution in [3.05, 3.63) is 59.7 Å². The predicted octanol–water partition coefficient (Wildman–Crippen LogP) is 3.72. The zero-order valence-corrected chi connectivity index (χ0v) is 16.5. The lowest BCUT2D eigenvalue weighted by molar-refractivity contribution is -0.692. The Morgan fingerprint density at radius 1 is 1.00 bits per heavy atom. The van der Waals surface area contributed by atoms with Crippen molar-refractivity contribution in [1.29, 1.82) is 0 Å². The van der Waals surface area contributed by atoms with Crippen molar-refractivity contribution in [3.63, 3.8) is 0 Å². The van der Waals surface area contributed by atoms with E-state index in [1.165, 1.54) is 11.1 Å². The summed E-state index contributed by atoms with van der Waals surface area (Å²) in [6.07, 6.45) is 0. The van der Waals surface area contributed by atoms with Gasteiger partial charge in [-0.05, 0) is 23.6 Å². The van der Waals surface area contributed by atoms with Crippen LogP contribution in [0.15, 0.2) is 48.5 Å². The number of carbonyl (C=O) groups excluding carboxylic acids is 1. The molecule has 140 valence electrons. The minimum Gasteiger partial charge on any atom is -0.495 e. The molecule has 2 aromatic carbocycles. The van der Waals surface area contributed by atoms with E-state index in [-0.39, 0.29) is 11.9 Å². The number of nitrogens with one attached hydrogen (secondary N) is 1. The minimum absolute atomic E-state index is 0.0287. The first-order valence-electron chi connectivity index (χ1n) is 9.28. The number of quaternary nitrogens is 1. The fourth-order valence-electron chi connectivity index (χ4n) is 3.08. The van der Waals surface area contributed by atoms with Crippen LogP contribution in [0.25, 0.3) is 0 Å². The Kier molecular flexibility index (Phi) is 7.22. The number of hydrogen-bond acceptors (Lipinski definition) is 2. The van der Waals surface area contributed by atoms with Gasteiger partial charge in [-0.1, -0.05) is 64.1 Å². The zero-order valence-electron chi connectivity index (χ0n) is 16.5. The molecule has 4 nitrogen and oxygen atoms in total. The lowest BCUT2D eigenvalue weighted by Gasteiger charge is -2.20. The van der Waals surface area contributed by atoms with Gasteiger partial charge in [-0.3, -0.25) is 4.79 Å². The Hall–Kier alpha value is -2.33. The minimum atomic E-state index is -0.0287. The first-order chi connectivity index (χ1) is 12.4. The molecule has 0 saturated heterocycles. The molecule has 0 aliphatic heterocycles. The number of hydrogen-bond donors (Lipinski definition) is 2. The molecule has 0 aliphatic carbocycles. The molecule has 0 aromatic heterocycles. The summed E-state index contributed by atoms with van der Waals surface area (Å²) in [6, 6.07) is 16.5. The summed E-state index contributed by atoms with van der Waals surface area (Å²) >= 11 is 0. The highest BCUT2D eigenvalue weighted by Crippen LogP contribution is 2.23. The second kappa shape index (κ2) is 9.39. The van der Waals surface area contributed by atoms with Crippen molar-refractivity contribution >= 4 is 11.6 Å². The van der Waals surface area contributed by atoms with E-state index in [1.807, 2.05) is 24.3 Å². The van der Waals surface area contributed by atoms with Crippen molar-refractivity contribution in [2.75, 3.05) is 19.0 Å². The number of carbonyl (C=O) groups is 1. The molecule has 0 unspecified atom stereocenters. The van der Waals surface area contributed by atoms with Crippen LogP contribution in [0, 0.1) is 5.92 Å². The fraction of sp³-hybridized carbons (Fsp3) is 0.409. The standard InChI is InChI=1S/C22H30N2O2/c1-15(2)17-10-12-18(13-11-17)22(16(3)4)23-14-21(25)24-19-8-6-7-9-20(19)26-5/h6-13,15-16,22-23H,14H2,1-5H3,(H,24,25)/p+1/t22-/m0/s1. The van der Waals surface area contributed by atoms with Crippen LogP contribution in [0.4, 0.5) is 5.69 Å². The Morgan fingerprint density at radius 2 is 1.62 bits per heavy atom. The molecular weight excluding hydrogens is 324 g/mol. The second-order valence-electron chi connectivity index (χ2n) is 7.28. The number of rotatable bonds is 8. The molecule has 2 aromatic rings. The largest absolute Gasteiger partial charge is 0.495 e. The highest BCUT2D eigenvalue weighted by molar-refractivity contribution is 5.92. The molecule has 0 saturated carbocycles. The molecule has 2 rings (SSSR count). The van der Waals surface area contributed by atoms with Gasteiger partial charge in [0, 0.05) is 11.5 Å². The van der Waals surface area contributed by atoms with Crippen molar-refractivity contribution in [2.45, 2.75) is 39.7 Å². The molecular formula is C22H31N2O2+. The third kappa shape index (κ3) is 5.33. The summed E-state index contributed by atoms with van der Waals surface area (Å²) in [5, 5.41) is 5.05. The number of anilines is 1. The monoisotopic (exact) mass is 355 g/mol. The SMILES string of the molecule is COc1ccccc1NC(=O)C[NH2+][C@H](c1ccc(C(C)C)cc1)C(C)C. The smallest absolute Gasteiger partial charge is 0.279 e. The van der Waals surface area contributed by atoms with Crippen LogP contribution in [0.2, 0.25) is 0 Å². The van der Waals surface area contributed by atoms with E-state index in [0.29, 0.717) is 29.8 Å². The molecule has 0 aliphatic rings. The van der Waals surface area contributed by atoms with Gasteiger partial charge in [0.05, 0.1) is 12.8 Å². The van der Waals surface area contributed by atoms with Gasteiger partial charge < -0.3 is 15.4 Å². The maximum Gasteiger partial charge on any atom is 0.279 e.